The third kappa shape index (κ3) is 3.73. The Kier molecular flexibility index (Phi) is 5.43. The molecule has 1 aliphatic heterocycles. The summed E-state index contributed by atoms with van der Waals surface area (Å²) in [4.78, 5) is 14.3. The number of nitrogens with one attached hydrogen (secondary N) is 1. The van der Waals surface area contributed by atoms with Crippen LogP contribution in [0.2, 0.25) is 0 Å². The first kappa shape index (κ1) is 15.3. The van der Waals surface area contributed by atoms with E-state index < -0.39 is 0 Å². The molecule has 20 heavy (non-hydrogen) atoms. The Balaban J connectivity index is 1.93. The highest BCUT2D eigenvalue weighted by atomic mass is 79.9. The standard InChI is InChI=1S/C15H21BrN2O2/c1-17-12-5-7-18(8-6-12)15(19)10-11-3-4-14(20-2)13(16)9-11/h3-4,9,12,17H,5-8,10H2,1-2H3. The number of ether oxygens (including phenoxy) is 1. The van der Waals surface area contributed by atoms with Crippen LogP contribution in [0.4, 0.5) is 0 Å². The van der Waals surface area contributed by atoms with Crippen molar-refractivity contribution in [1.82, 2.24) is 10.2 Å². The normalized spacial score (nSPS) is 16.2. The summed E-state index contributed by atoms with van der Waals surface area (Å²) in [5.74, 6) is 0.993. The van der Waals surface area contributed by atoms with Crippen LogP contribution in [0.25, 0.3) is 0 Å². The zero-order chi connectivity index (χ0) is 14.5. The lowest BCUT2D eigenvalue weighted by atomic mass is 10.0. The van der Waals surface area contributed by atoms with Gasteiger partial charge < -0.3 is 15.0 Å². The molecule has 0 atom stereocenters. The molecule has 1 aromatic rings. The minimum absolute atomic E-state index is 0.205. The highest BCUT2D eigenvalue weighted by molar-refractivity contribution is 9.10. The van der Waals surface area contributed by atoms with Gasteiger partial charge in [0.15, 0.2) is 0 Å². The Morgan fingerprint density at radius 1 is 1.45 bits per heavy atom. The van der Waals surface area contributed by atoms with Gasteiger partial charge in [-0.2, -0.15) is 0 Å². The van der Waals surface area contributed by atoms with E-state index in [4.69, 9.17) is 4.74 Å². The van der Waals surface area contributed by atoms with E-state index in [-0.39, 0.29) is 5.91 Å². The molecule has 0 aliphatic carbocycles. The molecule has 1 amide bonds. The van der Waals surface area contributed by atoms with E-state index in [0.29, 0.717) is 12.5 Å². The molecular weight excluding hydrogens is 320 g/mol. The second-order valence-corrected chi connectivity index (χ2v) is 5.94. The van der Waals surface area contributed by atoms with Gasteiger partial charge in [0, 0.05) is 19.1 Å². The lowest BCUT2D eigenvalue weighted by Gasteiger charge is -2.32. The van der Waals surface area contributed by atoms with Crippen LogP contribution < -0.4 is 10.1 Å². The van der Waals surface area contributed by atoms with Crippen molar-refractivity contribution in [2.24, 2.45) is 0 Å². The number of hydrogen-bond acceptors (Lipinski definition) is 3. The molecular formula is C15H21BrN2O2. The van der Waals surface area contributed by atoms with Crippen LogP contribution in [0.5, 0.6) is 5.75 Å². The fraction of sp³-hybridized carbons (Fsp3) is 0.533. The highest BCUT2D eigenvalue weighted by Crippen LogP contribution is 2.26. The van der Waals surface area contributed by atoms with Gasteiger partial charge in [0.2, 0.25) is 5.91 Å². The number of nitrogens with zero attached hydrogens (tertiary/aromatic N) is 1. The van der Waals surface area contributed by atoms with Gasteiger partial charge in [0.05, 0.1) is 18.0 Å². The third-order valence-electron chi connectivity index (χ3n) is 3.83. The summed E-state index contributed by atoms with van der Waals surface area (Å²) in [6.45, 7) is 1.70. The van der Waals surface area contributed by atoms with E-state index in [1.807, 2.05) is 30.1 Å². The molecule has 1 aliphatic rings. The summed E-state index contributed by atoms with van der Waals surface area (Å²) in [6, 6.07) is 6.34. The van der Waals surface area contributed by atoms with E-state index in [2.05, 4.69) is 21.2 Å². The maximum absolute atomic E-state index is 12.3. The van der Waals surface area contributed by atoms with Gasteiger partial charge in [-0.1, -0.05) is 6.07 Å². The zero-order valence-electron chi connectivity index (χ0n) is 12.0. The molecule has 110 valence electrons. The molecule has 4 nitrogen and oxygen atoms in total. The first-order valence-corrected chi connectivity index (χ1v) is 7.70. The largest absolute Gasteiger partial charge is 0.496 e. The number of benzene rings is 1. The van der Waals surface area contributed by atoms with Crippen molar-refractivity contribution in [1.29, 1.82) is 0 Å². The van der Waals surface area contributed by atoms with Crippen molar-refractivity contribution in [3.05, 3.63) is 28.2 Å². The van der Waals surface area contributed by atoms with E-state index >= 15 is 0 Å². The van der Waals surface area contributed by atoms with Crippen LogP contribution in [-0.2, 0) is 11.2 Å². The maximum Gasteiger partial charge on any atom is 0.226 e. The van der Waals surface area contributed by atoms with E-state index in [1.54, 1.807) is 7.11 Å². The molecule has 1 heterocycles. The molecule has 0 radical (unpaired) electrons. The van der Waals surface area contributed by atoms with E-state index in [9.17, 15) is 4.79 Å². The number of halogens is 1. The molecule has 0 unspecified atom stereocenters. The Morgan fingerprint density at radius 3 is 2.70 bits per heavy atom. The van der Waals surface area contributed by atoms with Crippen molar-refractivity contribution in [2.75, 3.05) is 27.2 Å². The van der Waals surface area contributed by atoms with E-state index in [0.717, 1.165) is 41.7 Å². The summed E-state index contributed by atoms with van der Waals surface area (Å²) in [7, 11) is 3.62. The molecule has 1 aromatic carbocycles. The SMILES string of the molecule is CNC1CCN(C(=O)Cc2ccc(OC)c(Br)c2)CC1. The van der Waals surface area contributed by atoms with Gasteiger partial charge in [-0.15, -0.1) is 0 Å². The number of amides is 1. The molecule has 0 aromatic heterocycles. The van der Waals surface area contributed by atoms with Crippen LogP contribution >= 0.6 is 15.9 Å². The van der Waals surface area contributed by atoms with Gasteiger partial charge in [-0.05, 0) is 53.5 Å². The van der Waals surface area contributed by atoms with Gasteiger partial charge in [-0.3, -0.25) is 4.79 Å². The predicted octanol–water partition coefficient (Wildman–Crippen LogP) is 2.21. The summed E-state index contributed by atoms with van der Waals surface area (Å²) in [5, 5.41) is 3.28. The average molecular weight is 341 g/mol. The summed E-state index contributed by atoms with van der Waals surface area (Å²) in [5.41, 5.74) is 1.01. The number of piperidine rings is 1. The second-order valence-electron chi connectivity index (χ2n) is 5.09. The minimum Gasteiger partial charge on any atom is -0.496 e. The van der Waals surface area contributed by atoms with Crippen molar-refractivity contribution in [2.45, 2.75) is 25.3 Å². The first-order chi connectivity index (χ1) is 9.63. The maximum atomic E-state index is 12.3. The summed E-state index contributed by atoms with van der Waals surface area (Å²) < 4.78 is 6.08. The Morgan fingerprint density at radius 2 is 2.15 bits per heavy atom. The van der Waals surface area contributed by atoms with Crippen LogP contribution in [0, 0.1) is 0 Å². The molecule has 2 rings (SSSR count). The summed E-state index contributed by atoms with van der Waals surface area (Å²) >= 11 is 3.45. The quantitative estimate of drug-likeness (QED) is 0.913. The number of carbonyl (C=O) groups is 1. The Labute approximate surface area is 128 Å². The van der Waals surface area contributed by atoms with Gasteiger partial charge in [-0.25, -0.2) is 0 Å². The monoisotopic (exact) mass is 340 g/mol. The van der Waals surface area contributed by atoms with Gasteiger partial charge in [0.1, 0.15) is 5.75 Å². The number of hydrogen-bond donors (Lipinski definition) is 1. The molecule has 5 heteroatoms. The third-order valence-corrected chi connectivity index (χ3v) is 4.45. The number of carbonyl (C=O) groups excluding carboxylic acids is 1. The van der Waals surface area contributed by atoms with Crippen LogP contribution in [0.15, 0.2) is 22.7 Å². The fourth-order valence-corrected chi connectivity index (χ4v) is 3.11. The lowest BCUT2D eigenvalue weighted by molar-refractivity contribution is -0.131. The Hall–Kier alpha value is -1.07. The molecule has 0 bridgehead atoms. The zero-order valence-corrected chi connectivity index (χ0v) is 13.6. The summed E-state index contributed by atoms with van der Waals surface area (Å²) in [6.07, 6.45) is 2.52. The molecule has 1 N–H and O–H groups in total. The average Bonchev–Trinajstić information content (AvgIpc) is 2.47. The van der Waals surface area contributed by atoms with Crippen LogP contribution in [0.3, 0.4) is 0 Å². The highest BCUT2D eigenvalue weighted by Gasteiger charge is 2.21. The topological polar surface area (TPSA) is 41.6 Å². The van der Waals surface area contributed by atoms with Gasteiger partial charge in [0.25, 0.3) is 0 Å². The van der Waals surface area contributed by atoms with Gasteiger partial charge >= 0.3 is 0 Å². The number of likely N-dealkylation sites (tertiary alicyclic amines) is 1. The second kappa shape index (κ2) is 7.09. The van der Waals surface area contributed by atoms with Crippen molar-refractivity contribution in [3.63, 3.8) is 0 Å². The Bertz CT molecular complexity index is 471. The fourth-order valence-electron chi connectivity index (χ4n) is 2.52. The van der Waals surface area contributed by atoms with Crippen molar-refractivity contribution in [3.8, 4) is 5.75 Å². The van der Waals surface area contributed by atoms with Crippen molar-refractivity contribution >= 4 is 21.8 Å². The molecule has 1 fully saturated rings. The smallest absolute Gasteiger partial charge is 0.226 e. The predicted molar refractivity (Wildman–Crippen MR) is 83.1 cm³/mol. The lowest BCUT2D eigenvalue weighted by Crippen LogP contribution is -2.44. The van der Waals surface area contributed by atoms with E-state index in [1.165, 1.54) is 0 Å². The number of methoxy groups -OCH3 is 1. The van der Waals surface area contributed by atoms with Crippen LogP contribution in [-0.4, -0.2) is 44.1 Å². The van der Waals surface area contributed by atoms with Crippen LogP contribution in [0.1, 0.15) is 18.4 Å². The molecule has 0 saturated carbocycles. The van der Waals surface area contributed by atoms with Crippen molar-refractivity contribution < 1.29 is 9.53 Å². The molecule has 1 saturated heterocycles. The number of rotatable bonds is 4. The molecule has 0 spiro atoms. The first-order valence-electron chi connectivity index (χ1n) is 6.91. The minimum atomic E-state index is 0.205.